The molecular formula is C22H21ClN2O5S. The molecule has 0 aromatic heterocycles. The summed E-state index contributed by atoms with van der Waals surface area (Å²) in [5.74, 6) is 0.544. The summed E-state index contributed by atoms with van der Waals surface area (Å²) in [6.07, 6.45) is 0. The third kappa shape index (κ3) is 5.68. The van der Waals surface area contributed by atoms with Crippen molar-refractivity contribution in [3.05, 3.63) is 77.3 Å². The minimum Gasteiger partial charge on any atom is -0.493 e. The molecule has 0 bridgehead atoms. The average Bonchev–Trinajstić information content (AvgIpc) is 2.76. The molecule has 0 radical (unpaired) electrons. The predicted molar refractivity (Wildman–Crippen MR) is 121 cm³/mol. The van der Waals surface area contributed by atoms with Crippen molar-refractivity contribution in [2.75, 3.05) is 23.8 Å². The van der Waals surface area contributed by atoms with Crippen LogP contribution in [-0.4, -0.2) is 28.0 Å². The summed E-state index contributed by atoms with van der Waals surface area (Å²) in [6.45, 7) is 2.32. The zero-order valence-electron chi connectivity index (χ0n) is 16.9. The van der Waals surface area contributed by atoms with E-state index in [-0.39, 0.29) is 4.90 Å². The van der Waals surface area contributed by atoms with Gasteiger partial charge in [-0.1, -0.05) is 17.7 Å². The summed E-state index contributed by atoms with van der Waals surface area (Å²) in [5.41, 5.74) is 1.05. The number of hydrogen-bond acceptors (Lipinski definition) is 5. The molecule has 1 amide bonds. The van der Waals surface area contributed by atoms with E-state index in [1.54, 1.807) is 54.6 Å². The van der Waals surface area contributed by atoms with Gasteiger partial charge in [0.2, 0.25) is 0 Å². The van der Waals surface area contributed by atoms with Crippen LogP contribution >= 0.6 is 11.6 Å². The fourth-order valence-electron chi connectivity index (χ4n) is 2.76. The second-order valence-electron chi connectivity index (χ2n) is 6.39. The molecule has 0 saturated heterocycles. The maximum Gasteiger partial charge on any atom is 0.261 e. The molecule has 0 fully saturated rings. The highest BCUT2D eigenvalue weighted by molar-refractivity contribution is 7.92. The smallest absolute Gasteiger partial charge is 0.261 e. The molecule has 0 spiro atoms. The molecule has 7 nitrogen and oxygen atoms in total. The van der Waals surface area contributed by atoms with E-state index in [9.17, 15) is 13.2 Å². The van der Waals surface area contributed by atoms with Crippen LogP contribution in [0.15, 0.2) is 71.6 Å². The first-order valence-electron chi connectivity index (χ1n) is 9.33. The molecule has 2 N–H and O–H groups in total. The van der Waals surface area contributed by atoms with Crippen molar-refractivity contribution in [1.29, 1.82) is 0 Å². The lowest BCUT2D eigenvalue weighted by molar-refractivity contribution is 0.102. The normalized spacial score (nSPS) is 10.9. The number of halogens is 1. The Morgan fingerprint density at radius 3 is 2.39 bits per heavy atom. The second kappa shape index (κ2) is 9.72. The van der Waals surface area contributed by atoms with E-state index in [1.165, 1.54) is 19.2 Å². The van der Waals surface area contributed by atoms with Crippen LogP contribution in [0.5, 0.6) is 11.5 Å². The first-order valence-corrected chi connectivity index (χ1v) is 11.2. The van der Waals surface area contributed by atoms with Gasteiger partial charge in [0.15, 0.2) is 11.5 Å². The monoisotopic (exact) mass is 460 g/mol. The molecule has 0 saturated carbocycles. The number of rotatable bonds is 8. The van der Waals surface area contributed by atoms with Gasteiger partial charge in [-0.25, -0.2) is 8.42 Å². The van der Waals surface area contributed by atoms with Crippen molar-refractivity contribution in [3.8, 4) is 11.5 Å². The van der Waals surface area contributed by atoms with Crippen molar-refractivity contribution >= 4 is 38.9 Å². The van der Waals surface area contributed by atoms with E-state index in [0.717, 1.165) is 0 Å². The fraction of sp³-hybridized carbons (Fsp3) is 0.136. The SMILES string of the molecule is CCOc1ccc(C(=O)Nc2cccc(S(=O)(=O)Nc3ccc(Cl)cc3)c2)cc1OC. The number of nitrogens with one attached hydrogen (secondary N) is 2. The van der Waals surface area contributed by atoms with Crippen molar-refractivity contribution in [2.45, 2.75) is 11.8 Å². The minimum absolute atomic E-state index is 0.00419. The summed E-state index contributed by atoms with van der Waals surface area (Å²) < 4.78 is 38.6. The van der Waals surface area contributed by atoms with Crippen LogP contribution < -0.4 is 19.5 Å². The lowest BCUT2D eigenvalue weighted by Crippen LogP contribution is -2.15. The molecule has 0 heterocycles. The molecule has 162 valence electrons. The Morgan fingerprint density at radius 1 is 0.968 bits per heavy atom. The predicted octanol–water partition coefficient (Wildman–Crippen LogP) is 4.80. The standard InChI is InChI=1S/C22H21ClN2O5S/c1-3-30-20-12-7-15(13-21(20)29-2)22(26)24-18-5-4-6-19(14-18)31(27,28)25-17-10-8-16(23)9-11-17/h4-14,25H,3H2,1-2H3,(H,24,26). The van der Waals surface area contributed by atoms with E-state index >= 15 is 0 Å². The summed E-state index contributed by atoms with van der Waals surface area (Å²) in [4.78, 5) is 12.7. The van der Waals surface area contributed by atoms with Gasteiger partial charge in [0.25, 0.3) is 15.9 Å². The number of anilines is 2. The number of sulfonamides is 1. The number of methoxy groups -OCH3 is 1. The number of hydrogen-bond donors (Lipinski definition) is 2. The molecule has 3 aromatic carbocycles. The van der Waals surface area contributed by atoms with E-state index in [4.69, 9.17) is 21.1 Å². The maximum absolute atomic E-state index is 12.7. The van der Waals surface area contributed by atoms with Crippen molar-refractivity contribution in [2.24, 2.45) is 0 Å². The topological polar surface area (TPSA) is 93.7 Å². The lowest BCUT2D eigenvalue weighted by atomic mass is 10.2. The summed E-state index contributed by atoms with van der Waals surface area (Å²) in [6, 6.07) is 17.1. The van der Waals surface area contributed by atoms with Gasteiger partial charge in [0, 0.05) is 22.0 Å². The summed E-state index contributed by atoms with van der Waals surface area (Å²) in [5, 5.41) is 3.20. The van der Waals surface area contributed by atoms with Crippen LogP contribution in [0, 0.1) is 0 Å². The van der Waals surface area contributed by atoms with Crippen molar-refractivity contribution < 1.29 is 22.7 Å². The number of carbonyl (C=O) groups excluding carboxylic acids is 1. The fourth-order valence-corrected chi connectivity index (χ4v) is 3.99. The van der Waals surface area contributed by atoms with Crippen LogP contribution in [-0.2, 0) is 10.0 Å². The van der Waals surface area contributed by atoms with Gasteiger partial charge >= 0.3 is 0 Å². The molecule has 0 aliphatic heterocycles. The van der Waals surface area contributed by atoms with E-state index in [2.05, 4.69) is 10.0 Å². The Morgan fingerprint density at radius 2 is 1.71 bits per heavy atom. The lowest BCUT2D eigenvalue weighted by Gasteiger charge is -2.12. The molecular weight excluding hydrogens is 440 g/mol. The van der Waals surface area contributed by atoms with Gasteiger partial charge in [-0.05, 0) is 67.6 Å². The third-order valence-corrected chi connectivity index (χ3v) is 5.86. The maximum atomic E-state index is 12.7. The van der Waals surface area contributed by atoms with Crippen LogP contribution in [0.3, 0.4) is 0 Å². The Bertz CT molecular complexity index is 1180. The van der Waals surface area contributed by atoms with Crippen LogP contribution in [0.25, 0.3) is 0 Å². The number of benzene rings is 3. The minimum atomic E-state index is -3.85. The first kappa shape index (κ1) is 22.5. The quantitative estimate of drug-likeness (QED) is 0.503. The number of carbonyl (C=O) groups is 1. The highest BCUT2D eigenvalue weighted by Crippen LogP contribution is 2.28. The molecule has 3 aromatic rings. The van der Waals surface area contributed by atoms with E-state index < -0.39 is 15.9 Å². The molecule has 0 aliphatic rings. The zero-order valence-corrected chi connectivity index (χ0v) is 18.5. The highest BCUT2D eigenvalue weighted by Gasteiger charge is 2.16. The van der Waals surface area contributed by atoms with Gasteiger partial charge in [0.05, 0.1) is 18.6 Å². The molecule has 0 aliphatic carbocycles. The van der Waals surface area contributed by atoms with Gasteiger partial charge < -0.3 is 14.8 Å². The Balaban J connectivity index is 1.78. The highest BCUT2D eigenvalue weighted by atomic mass is 35.5. The molecule has 0 unspecified atom stereocenters. The molecule has 0 atom stereocenters. The van der Waals surface area contributed by atoms with Gasteiger partial charge in [-0.3, -0.25) is 9.52 Å². The number of amides is 1. The number of ether oxygens (including phenoxy) is 2. The molecule has 31 heavy (non-hydrogen) atoms. The second-order valence-corrected chi connectivity index (χ2v) is 8.51. The van der Waals surface area contributed by atoms with Crippen LogP contribution in [0.2, 0.25) is 5.02 Å². The Hall–Kier alpha value is -3.23. The van der Waals surface area contributed by atoms with E-state index in [1.807, 2.05) is 6.92 Å². The summed E-state index contributed by atoms with van der Waals surface area (Å²) in [7, 11) is -2.36. The van der Waals surface area contributed by atoms with Gasteiger partial charge in [0.1, 0.15) is 0 Å². The first-order chi connectivity index (χ1) is 14.8. The van der Waals surface area contributed by atoms with Crippen molar-refractivity contribution in [1.82, 2.24) is 0 Å². The Kier molecular flexibility index (Phi) is 7.04. The largest absolute Gasteiger partial charge is 0.493 e. The molecule has 9 heteroatoms. The Labute approximate surface area is 186 Å². The summed E-state index contributed by atoms with van der Waals surface area (Å²) >= 11 is 5.83. The van der Waals surface area contributed by atoms with Crippen molar-refractivity contribution in [3.63, 3.8) is 0 Å². The van der Waals surface area contributed by atoms with Gasteiger partial charge in [-0.2, -0.15) is 0 Å². The van der Waals surface area contributed by atoms with E-state index in [0.29, 0.717) is 40.1 Å². The molecule has 3 rings (SSSR count). The zero-order chi connectivity index (χ0) is 22.4. The van der Waals surface area contributed by atoms with Crippen LogP contribution in [0.1, 0.15) is 17.3 Å². The third-order valence-electron chi connectivity index (χ3n) is 4.22. The average molecular weight is 461 g/mol. The van der Waals surface area contributed by atoms with Crippen LogP contribution in [0.4, 0.5) is 11.4 Å². The van der Waals surface area contributed by atoms with Gasteiger partial charge in [-0.15, -0.1) is 0 Å².